The summed E-state index contributed by atoms with van der Waals surface area (Å²) >= 11 is 0. The minimum absolute atomic E-state index is 0.0370. The Labute approximate surface area is 347 Å². The number of nitrogens with zero attached hydrogens (tertiary/aromatic N) is 1. The zero-order valence-electron chi connectivity index (χ0n) is 36.6. The molecule has 0 aromatic heterocycles. The molecule has 0 aromatic carbocycles. The number of carbonyl (C=O) groups is 1. The number of phosphoric acid groups is 1. The Morgan fingerprint density at radius 3 is 2.00 bits per heavy atom. The minimum atomic E-state index is -4.64. The fourth-order valence-electron chi connectivity index (χ4n) is 7.02. The van der Waals surface area contributed by atoms with E-state index in [0.717, 1.165) is 44.9 Å². The zero-order chi connectivity index (χ0) is 42.4. The molecular weight excluding hydrogens is 747 g/mol. The van der Waals surface area contributed by atoms with Crippen LogP contribution in [0.1, 0.15) is 168 Å². The van der Waals surface area contributed by atoms with Gasteiger partial charge in [-0.15, -0.1) is 0 Å². The van der Waals surface area contributed by atoms with Crippen molar-refractivity contribution >= 4 is 13.7 Å². The first-order valence-electron chi connectivity index (χ1n) is 22.6. The van der Waals surface area contributed by atoms with Crippen LogP contribution in [0.25, 0.3) is 0 Å². The lowest BCUT2D eigenvalue weighted by atomic mass is 9.87. The monoisotopic (exact) mass is 833 g/mol. The van der Waals surface area contributed by atoms with Crippen molar-refractivity contribution in [1.82, 2.24) is 5.32 Å². The van der Waals surface area contributed by atoms with E-state index in [-0.39, 0.29) is 31.3 Å². The molecule has 8 atom stereocenters. The molecule has 1 saturated heterocycles. The molecule has 0 bridgehead atoms. The highest BCUT2D eigenvalue weighted by Crippen LogP contribution is 2.38. The average Bonchev–Trinajstić information content (AvgIpc) is 3.14. The number of rotatable bonds is 36. The summed E-state index contributed by atoms with van der Waals surface area (Å²) in [6.07, 6.45) is 26.5. The lowest BCUT2D eigenvalue weighted by molar-refractivity contribution is -0.870. The smallest absolute Gasteiger partial charge is 0.268 e. The molecule has 13 heteroatoms. The molecular formula is C44H85N2O10P. The molecule has 1 rings (SSSR count). The van der Waals surface area contributed by atoms with Gasteiger partial charge in [-0.3, -0.25) is 9.36 Å². The second-order valence-corrected chi connectivity index (χ2v) is 18.7. The van der Waals surface area contributed by atoms with E-state index in [1.54, 1.807) is 12.2 Å². The number of nitrogens with one attached hydrogen (secondary N) is 1. The molecule has 2 unspecified atom stereocenters. The van der Waals surface area contributed by atoms with E-state index in [1.807, 2.05) is 33.3 Å². The van der Waals surface area contributed by atoms with Crippen LogP contribution >= 0.6 is 7.82 Å². The first kappa shape index (κ1) is 53.8. The molecule has 5 N–H and O–H groups in total. The van der Waals surface area contributed by atoms with E-state index in [2.05, 4.69) is 19.2 Å². The third kappa shape index (κ3) is 29.7. The number of aliphatic hydroxyl groups excluding tert-OH is 4. The largest absolute Gasteiger partial charge is 0.756 e. The van der Waals surface area contributed by atoms with E-state index in [9.17, 15) is 34.7 Å². The first-order chi connectivity index (χ1) is 27.2. The number of phosphoric ester groups is 1. The molecule has 336 valence electrons. The van der Waals surface area contributed by atoms with Crippen LogP contribution in [0.15, 0.2) is 24.3 Å². The summed E-state index contributed by atoms with van der Waals surface area (Å²) in [5.74, 6) is -0.598. The number of hydrogen-bond donors (Lipinski definition) is 5. The number of aliphatic hydroxyl groups is 4. The van der Waals surface area contributed by atoms with E-state index >= 15 is 0 Å². The Morgan fingerprint density at radius 2 is 1.40 bits per heavy atom. The van der Waals surface area contributed by atoms with Gasteiger partial charge < -0.3 is 48.9 Å². The van der Waals surface area contributed by atoms with E-state index in [1.165, 1.54) is 64.2 Å². The Hall–Kier alpha value is -1.18. The Bertz CT molecular complexity index is 1100. The molecule has 0 aliphatic carbocycles. The number of quaternary nitrogens is 1. The van der Waals surface area contributed by atoms with E-state index in [4.69, 9.17) is 13.8 Å². The number of unbranched alkanes of at least 4 members (excludes halogenated alkanes) is 16. The van der Waals surface area contributed by atoms with Crippen LogP contribution in [0.3, 0.4) is 0 Å². The minimum Gasteiger partial charge on any atom is -0.756 e. The topological polar surface area (TPSA) is 178 Å². The van der Waals surface area contributed by atoms with Gasteiger partial charge in [0.2, 0.25) is 5.91 Å². The van der Waals surface area contributed by atoms with Crippen LogP contribution in [0.5, 0.6) is 0 Å². The molecule has 1 amide bonds. The van der Waals surface area contributed by atoms with Gasteiger partial charge in [-0.2, -0.15) is 0 Å². The highest BCUT2D eigenvalue weighted by atomic mass is 31.2. The van der Waals surface area contributed by atoms with Gasteiger partial charge in [0.05, 0.1) is 58.2 Å². The maximum absolute atomic E-state index is 13.0. The molecule has 0 spiro atoms. The van der Waals surface area contributed by atoms with Crippen LogP contribution in [0, 0.1) is 5.92 Å². The molecule has 57 heavy (non-hydrogen) atoms. The number of hydrogen-bond acceptors (Lipinski definition) is 10. The van der Waals surface area contributed by atoms with Crippen LogP contribution in [-0.2, 0) is 23.1 Å². The second-order valence-electron chi connectivity index (χ2n) is 17.3. The molecule has 1 heterocycles. The molecule has 0 aromatic rings. The van der Waals surface area contributed by atoms with Crippen LogP contribution in [0.2, 0.25) is 0 Å². The maximum Gasteiger partial charge on any atom is 0.268 e. The van der Waals surface area contributed by atoms with Gasteiger partial charge in [-0.1, -0.05) is 147 Å². The van der Waals surface area contributed by atoms with Gasteiger partial charge in [-0.25, -0.2) is 0 Å². The first-order valence-corrected chi connectivity index (χ1v) is 24.0. The number of ether oxygens (including phenoxy) is 1. The molecule has 12 nitrogen and oxygen atoms in total. The van der Waals surface area contributed by atoms with E-state index in [0.29, 0.717) is 43.1 Å². The molecule has 1 fully saturated rings. The summed E-state index contributed by atoms with van der Waals surface area (Å²) < 4.78 is 28.9. The second kappa shape index (κ2) is 32.6. The predicted molar refractivity (Wildman–Crippen MR) is 227 cm³/mol. The summed E-state index contributed by atoms with van der Waals surface area (Å²) in [6, 6.07) is -0.905. The van der Waals surface area contributed by atoms with Gasteiger partial charge >= 0.3 is 0 Å². The van der Waals surface area contributed by atoms with Crippen molar-refractivity contribution in [3.8, 4) is 0 Å². The summed E-state index contributed by atoms with van der Waals surface area (Å²) in [6.45, 7) is 4.37. The van der Waals surface area contributed by atoms with Gasteiger partial charge in [0.15, 0.2) is 6.29 Å². The van der Waals surface area contributed by atoms with Crippen molar-refractivity contribution in [2.45, 2.75) is 205 Å². The number of amides is 1. The van der Waals surface area contributed by atoms with Crippen LogP contribution in [-0.4, -0.2) is 108 Å². The summed E-state index contributed by atoms with van der Waals surface area (Å²) in [7, 11) is 1.14. The third-order valence-corrected chi connectivity index (χ3v) is 11.7. The van der Waals surface area contributed by atoms with Gasteiger partial charge in [0, 0.05) is 18.8 Å². The molecule has 1 aliphatic rings. The van der Waals surface area contributed by atoms with Gasteiger partial charge in [0.25, 0.3) is 7.82 Å². The van der Waals surface area contributed by atoms with Crippen molar-refractivity contribution in [3.63, 3.8) is 0 Å². The summed E-state index contributed by atoms with van der Waals surface area (Å²) in [4.78, 5) is 25.5. The van der Waals surface area contributed by atoms with E-state index < -0.39 is 51.2 Å². The van der Waals surface area contributed by atoms with Crippen molar-refractivity contribution in [1.29, 1.82) is 0 Å². The van der Waals surface area contributed by atoms with Crippen molar-refractivity contribution in [2.75, 3.05) is 40.9 Å². The Balaban J connectivity index is 2.57. The average molecular weight is 833 g/mol. The quantitative estimate of drug-likeness (QED) is 0.0183. The number of allylic oxidation sites excluding steroid dienone is 2. The maximum atomic E-state index is 13.0. The summed E-state index contributed by atoms with van der Waals surface area (Å²) in [5, 5.41) is 44.9. The third-order valence-electron chi connectivity index (χ3n) is 10.7. The van der Waals surface area contributed by atoms with Gasteiger partial charge in [0.1, 0.15) is 13.2 Å². The van der Waals surface area contributed by atoms with Crippen LogP contribution < -0.4 is 10.2 Å². The lowest BCUT2D eigenvalue weighted by Gasteiger charge is -2.36. The highest BCUT2D eigenvalue weighted by Gasteiger charge is 2.35. The predicted octanol–water partition coefficient (Wildman–Crippen LogP) is 7.61. The van der Waals surface area contributed by atoms with Crippen LogP contribution in [0.4, 0.5) is 0 Å². The normalized spacial score (nSPS) is 21.9. The van der Waals surface area contributed by atoms with Crippen molar-refractivity contribution < 1.29 is 52.9 Å². The lowest BCUT2D eigenvalue weighted by Crippen LogP contribution is -2.46. The molecule has 1 aliphatic heterocycles. The van der Waals surface area contributed by atoms with Gasteiger partial charge in [-0.05, 0) is 32.1 Å². The fraction of sp³-hybridized carbons (Fsp3) is 0.886. The fourth-order valence-corrected chi connectivity index (χ4v) is 7.74. The molecule has 0 radical (unpaired) electrons. The standard InChI is InChI=1S/C44H85N2O10P/c1-6-8-10-11-12-13-14-15-16-17-18-19-20-25-29-40(48)39(36-55-57(52,53)54-34-33-46(3,4)5)45-43(50)30-26-22-21-24-28-38-41(49)35-44(51)56-42(38)32-31-37(47)27-23-9-7-2/h21,24,31-32,37-42,44,47-49,51H,6-20,22-23,25-30,33-36H2,1-5H3,(H-,45,50,52,53)/b24-21-,32-31+/t37-,38-,39-,40+,41-,42+,44?/m0/s1. The number of carbonyl (C=O) groups excluding carboxylic acids is 1. The SMILES string of the molecule is CCCCCCCCCCCCCCCC[C@@H](O)[C@H](COP(=O)([O-])OCC[N+](C)(C)C)NC(=O)CCC/C=C\C[C@H]1[C@@H](O)CC(O)O[C@@H]1/C=C/[C@@H](O)CCCCC. The zero-order valence-corrected chi connectivity index (χ0v) is 37.5. The summed E-state index contributed by atoms with van der Waals surface area (Å²) in [5.41, 5.74) is 0. The molecule has 0 saturated carbocycles. The number of likely N-dealkylation sites (N-methyl/N-ethyl adjacent to an activating group) is 1. The van der Waals surface area contributed by atoms with Crippen molar-refractivity contribution in [2.24, 2.45) is 5.92 Å². The Morgan fingerprint density at radius 1 is 0.842 bits per heavy atom. The van der Waals surface area contributed by atoms with Crippen molar-refractivity contribution in [3.05, 3.63) is 24.3 Å². The highest BCUT2D eigenvalue weighted by molar-refractivity contribution is 7.45. The Kier molecular flexibility index (Phi) is 30.8.